The van der Waals surface area contributed by atoms with Crippen LogP contribution >= 0.6 is 0 Å². The molecule has 0 radical (unpaired) electrons. The van der Waals surface area contributed by atoms with E-state index in [4.69, 9.17) is 9.47 Å². The minimum atomic E-state index is -3.72. The summed E-state index contributed by atoms with van der Waals surface area (Å²) in [5.74, 6) is 0.837. The first-order valence-electron chi connectivity index (χ1n) is 7.68. The van der Waals surface area contributed by atoms with Crippen LogP contribution in [0.4, 0.5) is 4.39 Å². The molecule has 1 heterocycles. The zero-order chi connectivity index (χ0) is 18.0. The largest absolute Gasteiger partial charge is 0.454 e. The average Bonchev–Trinajstić information content (AvgIpc) is 3.02. The van der Waals surface area contributed by atoms with Crippen LogP contribution in [0.25, 0.3) is 0 Å². The second-order valence-electron chi connectivity index (χ2n) is 5.90. The number of hydrogen-bond donors (Lipinski definition) is 1. The SMILES string of the molecule is CN(C)[C@H](CNS(=O)(=O)c1ccc(F)cc1)c1ccc2c(c1)OCO2. The Hall–Kier alpha value is -2.16. The van der Waals surface area contributed by atoms with Gasteiger partial charge in [0.25, 0.3) is 0 Å². The minimum Gasteiger partial charge on any atom is -0.454 e. The standard InChI is InChI=1S/C17H19FN2O4S/c1-20(2)15(12-3-8-16-17(9-12)24-11-23-16)10-19-25(21,22)14-6-4-13(18)5-7-14/h3-9,15,19H,10-11H2,1-2H3/t15-/m1/s1. The molecule has 0 spiro atoms. The number of fused-ring (bicyclic) bond motifs is 1. The number of benzene rings is 2. The Kier molecular flexibility index (Phi) is 4.94. The summed E-state index contributed by atoms with van der Waals surface area (Å²) < 4.78 is 51.0. The first kappa shape index (κ1) is 17.7. The van der Waals surface area contributed by atoms with Gasteiger partial charge in [-0.15, -0.1) is 0 Å². The lowest BCUT2D eigenvalue weighted by molar-refractivity contribution is 0.174. The van der Waals surface area contributed by atoms with Crippen molar-refractivity contribution >= 4 is 10.0 Å². The molecule has 6 nitrogen and oxygen atoms in total. The third-order valence-corrected chi connectivity index (χ3v) is 5.43. The lowest BCUT2D eigenvalue weighted by Gasteiger charge is -2.25. The van der Waals surface area contributed by atoms with Crippen molar-refractivity contribution in [2.75, 3.05) is 27.4 Å². The Morgan fingerprint density at radius 3 is 2.48 bits per heavy atom. The maximum absolute atomic E-state index is 13.0. The lowest BCUT2D eigenvalue weighted by Crippen LogP contribution is -2.34. The molecule has 0 amide bonds. The molecule has 134 valence electrons. The lowest BCUT2D eigenvalue weighted by atomic mass is 10.1. The zero-order valence-corrected chi connectivity index (χ0v) is 14.7. The Morgan fingerprint density at radius 2 is 1.80 bits per heavy atom. The zero-order valence-electron chi connectivity index (χ0n) is 13.9. The van der Waals surface area contributed by atoms with Crippen molar-refractivity contribution in [3.8, 4) is 11.5 Å². The maximum Gasteiger partial charge on any atom is 0.240 e. The quantitative estimate of drug-likeness (QED) is 0.848. The highest BCUT2D eigenvalue weighted by atomic mass is 32.2. The van der Waals surface area contributed by atoms with Crippen molar-refractivity contribution in [3.63, 3.8) is 0 Å². The number of likely N-dealkylation sites (N-methyl/N-ethyl adjacent to an activating group) is 1. The van der Waals surface area contributed by atoms with Gasteiger partial charge >= 0.3 is 0 Å². The second kappa shape index (κ2) is 6.99. The van der Waals surface area contributed by atoms with Crippen LogP contribution in [-0.2, 0) is 10.0 Å². The molecule has 8 heteroatoms. The van der Waals surface area contributed by atoms with E-state index in [2.05, 4.69) is 4.72 Å². The number of rotatable bonds is 6. The van der Waals surface area contributed by atoms with Crippen LogP contribution in [0, 0.1) is 5.82 Å². The molecule has 1 atom stereocenters. The summed E-state index contributed by atoms with van der Waals surface area (Å²) in [6, 6.07) is 10.0. The molecule has 25 heavy (non-hydrogen) atoms. The van der Waals surface area contributed by atoms with Crippen molar-refractivity contribution in [3.05, 3.63) is 53.8 Å². The minimum absolute atomic E-state index is 0.0251. The average molecular weight is 366 g/mol. The maximum atomic E-state index is 13.0. The van der Waals surface area contributed by atoms with E-state index in [1.54, 1.807) is 0 Å². The van der Waals surface area contributed by atoms with Crippen molar-refractivity contribution in [2.45, 2.75) is 10.9 Å². The summed E-state index contributed by atoms with van der Waals surface area (Å²) in [4.78, 5) is 1.93. The molecular formula is C17H19FN2O4S. The summed E-state index contributed by atoms with van der Waals surface area (Å²) in [6.07, 6.45) is 0. The highest BCUT2D eigenvalue weighted by Crippen LogP contribution is 2.35. The monoisotopic (exact) mass is 366 g/mol. The van der Waals surface area contributed by atoms with Crippen LogP contribution in [-0.4, -0.2) is 40.8 Å². The number of nitrogens with zero attached hydrogens (tertiary/aromatic N) is 1. The first-order chi connectivity index (χ1) is 11.9. The molecule has 0 aliphatic carbocycles. The van der Waals surface area contributed by atoms with Crippen molar-refractivity contribution < 1.29 is 22.3 Å². The normalized spacial score (nSPS) is 14.7. The van der Waals surface area contributed by atoms with E-state index in [9.17, 15) is 12.8 Å². The third kappa shape index (κ3) is 3.92. The Balaban J connectivity index is 1.77. The summed E-state index contributed by atoms with van der Waals surface area (Å²) >= 11 is 0. The molecule has 0 unspecified atom stereocenters. The highest BCUT2D eigenvalue weighted by molar-refractivity contribution is 7.89. The van der Waals surface area contributed by atoms with Crippen molar-refractivity contribution in [1.82, 2.24) is 9.62 Å². The summed E-state index contributed by atoms with van der Waals surface area (Å²) in [6.45, 7) is 0.342. The molecule has 1 aliphatic rings. The molecule has 2 aromatic carbocycles. The topological polar surface area (TPSA) is 67.9 Å². The highest BCUT2D eigenvalue weighted by Gasteiger charge is 2.22. The van der Waals surface area contributed by atoms with E-state index in [1.165, 1.54) is 12.1 Å². The van der Waals surface area contributed by atoms with E-state index in [0.29, 0.717) is 11.5 Å². The molecule has 3 rings (SSSR count). The fraction of sp³-hybridized carbons (Fsp3) is 0.294. The van der Waals surface area contributed by atoms with Crippen LogP contribution < -0.4 is 14.2 Å². The van der Waals surface area contributed by atoms with Gasteiger partial charge in [0, 0.05) is 12.6 Å². The third-order valence-electron chi connectivity index (χ3n) is 4.00. The molecule has 1 N–H and O–H groups in total. The fourth-order valence-corrected chi connectivity index (χ4v) is 3.64. The van der Waals surface area contributed by atoms with E-state index < -0.39 is 15.8 Å². The van der Waals surface area contributed by atoms with Gasteiger partial charge in [0.15, 0.2) is 11.5 Å². The predicted molar refractivity (Wildman–Crippen MR) is 90.6 cm³/mol. The number of nitrogens with one attached hydrogen (secondary N) is 1. The van der Waals surface area contributed by atoms with Crippen molar-refractivity contribution in [1.29, 1.82) is 0 Å². The molecular weight excluding hydrogens is 347 g/mol. The van der Waals surface area contributed by atoms with Crippen LogP contribution in [0.15, 0.2) is 47.4 Å². The number of ether oxygens (including phenoxy) is 2. The number of halogens is 1. The molecule has 0 saturated heterocycles. The molecule has 0 aromatic heterocycles. The summed E-state index contributed by atoms with van der Waals surface area (Å²) in [7, 11) is 0.000682. The van der Waals surface area contributed by atoms with Gasteiger partial charge in [0.2, 0.25) is 16.8 Å². The number of sulfonamides is 1. The van der Waals surface area contributed by atoms with Gasteiger partial charge in [-0.2, -0.15) is 0 Å². The van der Waals surface area contributed by atoms with Gasteiger partial charge in [-0.05, 0) is 56.1 Å². The molecule has 0 bridgehead atoms. The molecule has 1 aliphatic heterocycles. The fourth-order valence-electron chi connectivity index (χ4n) is 2.60. The van der Waals surface area contributed by atoms with Crippen molar-refractivity contribution in [2.24, 2.45) is 0 Å². The van der Waals surface area contributed by atoms with Crippen LogP contribution in [0.3, 0.4) is 0 Å². The van der Waals surface area contributed by atoms with Crippen LogP contribution in [0.1, 0.15) is 11.6 Å². The van der Waals surface area contributed by atoms with Gasteiger partial charge in [0.05, 0.1) is 4.90 Å². The summed E-state index contributed by atoms with van der Waals surface area (Å²) in [5, 5.41) is 0. The van der Waals surface area contributed by atoms with E-state index in [-0.39, 0.29) is 24.3 Å². The van der Waals surface area contributed by atoms with Gasteiger partial charge in [-0.1, -0.05) is 6.07 Å². The molecule has 2 aromatic rings. The predicted octanol–water partition coefficient (Wildman–Crippen LogP) is 2.14. The second-order valence-corrected chi connectivity index (χ2v) is 7.66. The van der Waals surface area contributed by atoms with E-state index >= 15 is 0 Å². The van der Waals surface area contributed by atoms with E-state index in [0.717, 1.165) is 17.7 Å². The van der Waals surface area contributed by atoms with E-state index in [1.807, 2.05) is 37.2 Å². The molecule has 0 saturated carbocycles. The van der Waals surface area contributed by atoms with Gasteiger partial charge in [0.1, 0.15) is 5.82 Å². The molecule has 0 fully saturated rings. The Morgan fingerprint density at radius 1 is 1.12 bits per heavy atom. The number of hydrogen-bond acceptors (Lipinski definition) is 5. The van der Waals surface area contributed by atoms with Crippen LogP contribution in [0.5, 0.6) is 11.5 Å². The van der Waals surface area contributed by atoms with Crippen LogP contribution in [0.2, 0.25) is 0 Å². The van der Waals surface area contributed by atoms with Gasteiger partial charge in [-0.3, -0.25) is 0 Å². The van der Waals surface area contributed by atoms with Gasteiger partial charge < -0.3 is 14.4 Å². The summed E-state index contributed by atoms with van der Waals surface area (Å²) in [5.41, 5.74) is 0.899. The Bertz CT molecular complexity index is 853. The Labute approximate surface area is 146 Å². The first-order valence-corrected chi connectivity index (χ1v) is 9.16. The van der Waals surface area contributed by atoms with Gasteiger partial charge in [-0.25, -0.2) is 17.5 Å². The smallest absolute Gasteiger partial charge is 0.240 e.